The van der Waals surface area contributed by atoms with Gasteiger partial charge in [-0.15, -0.1) is 0 Å². The first-order valence-electron chi connectivity index (χ1n) is 6.89. The second-order valence-corrected chi connectivity index (χ2v) is 5.20. The zero-order valence-electron chi connectivity index (χ0n) is 11.9. The van der Waals surface area contributed by atoms with Gasteiger partial charge in [0.25, 0.3) is 0 Å². The van der Waals surface area contributed by atoms with E-state index >= 15 is 0 Å². The van der Waals surface area contributed by atoms with Gasteiger partial charge >= 0.3 is 0 Å². The highest BCUT2D eigenvalue weighted by Gasteiger charge is 2.11. The van der Waals surface area contributed by atoms with Gasteiger partial charge in [-0.25, -0.2) is 4.39 Å². The lowest BCUT2D eigenvalue weighted by Gasteiger charge is -2.06. The molecule has 0 amide bonds. The molecule has 20 heavy (non-hydrogen) atoms. The van der Waals surface area contributed by atoms with Crippen LogP contribution in [-0.2, 0) is 6.42 Å². The second-order valence-electron chi connectivity index (χ2n) is 5.20. The van der Waals surface area contributed by atoms with Crippen LogP contribution in [0.1, 0.15) is 31.2 Å². The molecule has 1 unspecified atom stereocenters. The molecule has 0 fully saturated rings. The van der Waals surface area contributed by atoms with Crippen LogP contribution in [0.25, 0.3) is 11.4 Å². The predicted octanol–water partition coefficient (Wildman–Crippen LogP) is 3.10. The topological polar surface area (TPSA) is 64.9 Å². The maximum Gasteiger partial charge on any atom is 0.226 e. The van der Waals surface area contributed by atoms with Gasteiger partial charge in [0.05, 0.1) is 0 Å². The number of nitrogens with zero attached hydrogens (tertiary/aromatic N) is 2. The third kappa shape index (κ3) is 3.63. The average Bonchev–Trinajstić information content (AvgIpc) is 2.89. The predicted molar refractivity (Wildman–Crippen MR) is 75.6 cm³/mol. The Hall–Kier alpha value is -1.75. The summed E-state index contributed by atoms with van der Waals surface area (Å²) in [6.45, 7) is 4.58. The van der Waals surface area contributed by atoms with Crippen LogP contribution in [0.5, 0.6) is 0 Å². The lowest BCUT2D eigenvalue weighted by Crippen LogP contribution is -2.06. The van der Waals surface area contributed by atoms with E-state index in [0.717, 1.165) is 24.8 Å². The first kappa shape index (κ1) is 14.7. The molecule has 4 nitrogen and oxygen atoms in total. The average molecular weight is 277 g/mol. The minimum Gasteiger partial charge on any atom is -0.339 e. The lowest BCUT2D eigenvalue weighted by atomic mass is 10.0. The summed E-state index contributed by atoms with van der Waals surface area (Å²) in [6, 6.07) is 4.80. The number of nitrogens with two attached hydrogens (primary N) is 1. The van der Waals surface area contributed by atoms with Gasteiger partial charge < -0.3 is 10.3 Å². The van der Waals surface area contributed by atoms with E-state index in [9.17, 15) is 4.39 Å². The van der Waals surface area contributed by atoms with Crippen LogP contribution in [0.4, 0.5) is 4.39 Å². The van der Waals surface area contributed by atoms with E-state index in [0.29, 0.717) is 29.7 Å². The van der Waals surface area contributed by atoms with Crippen molar-refractivity contribution in [3.05, 3.63) is 35.5 Å². The zero-order valence-corrected chi connectivity index (χ0v) is 11.9. The molecule has 0 aliphatic carbocycles. The minimum atomic E-state index is -0.229. The molecule has 1 heterocycles. The van der Waals surface area contributed by atoms with Crippen molar-refractivity contribution in [1.29, 1.82) is 0 Å². The molecule has 1 aromatic heterocycles. The van der Waals surface area contributed by atoms with Gasteiger partial charge in [-0.3, -0.25) is 0 Å². The van der Waals surface area contributed by atoms with Gasteiger partial charge in [-0.1, -0.05) is 12.1 Å². The highest BCUT2D eigenvalue weighted by atomic mass is 19.1. The maximum absolute atomic E-state index is 13.2. The van der Waals surface area contributed by atoms with Crippen molar-refractivity contribution in [1.82, 2.24) is 10.1 Å². The fraction of sp³-hybridized carbons (Fsp3) is 0.467. The van der Waals surface area contributed by atoms with Crippen molar-refractivity contribution in [3.63, 3.8) is 0 Å². The molecule has 0 aliphatic heterocycles. The van der Waals surface area contributed by atoms with E-state index in [4.69, 9.17) is 10.3 Å². The Balaban J connectivity index is 2.03. The molecular formula is C15H20FN3O. The minimum absolute atomic E-state index is 0.229. The van der Waals surface area contributed by atoms with E-state index in [1.54, 1.807) is 19.1 Å². The van der Waals surface area contributed by atoms with E-state index in [1.807, 2.05) is 0 Å². The quantitative estimate of drug-likeness (QED) is 0.881. The van der Waals surface area contributed by atoms with Gasteiger partial charge in [0.15, 0.2) is 0 Å². The smallest absolute Gasteiger partial charge is 0.226 e. The molecule has 1 aromatic carbocycles. The van der Waals surface area contributed by atoms with Crippen molar-refractivity contribution < 1.29 is 8.91 Å². The second kappa shape index (κ2) is 6.61. The van der Waals surface area contributed by atoms with Crippen molar-refractivity contribution in [3.8, 4) is 11.4 Å². The highest BCUT2D eigenvalue weighted by Crippen LogP contribution is 2.20. The van der Waals surface area contributed by atoms with Gasteiger partial charge in [-0.2, -0.15) is 4.98 Å². The number of rotatable bonds is 6. The van der Waals surface area contributed by atoms with Crippen molar-refractivity contribution in [2.45, 2.75) is 33.1 Å². The van der Waals surface area contributed by atoms with Crippen LogP contribution >= 0.6 is 0 Å². The fourth-order valence-corrected chi connectivity index (χ4v) is 2.06. The standard InChI is InChI=1S/C15H20FN3O/c1-10(7-8-17)3-6-14-18-15(19-20-14)12-4-5-13(16)11(2)9-12/h4-5,9-10H,3,6-8,17H2,1-2H3. The molecule has 0 bridgehead atoms. The van der Waals surface area contributed by atoms with E-state index in [1.165, 1.54) is 6.07 Å². The largest absolute Gasteiger partial charge is 0.339 e. The summed E-state index contributed by atoms with van der Waals surface area (Å²) in [5.74, 6) is 1.44. The molecule has 0 aliphatic rings. The molecule has 1 atom stereocenters. The van der Waals surface area contributed by atoms with Gasteiger partial charge in [-0.05, 0) is 56.0 Å². The normalized spacial score (nSPS) is 12.6. The molecule has 0 saturated carbocycles. The molecular weight excluding hydrogens is 257 g/mol. The van der Waals surface area contributed by atoms with Crippen LogP contribution in [0.3, 0.4) is 0 Å². The summed E-state index contributed by atoms with van der Waals surface area (Å²) < 4.78 is 18.5. The Morgan fingerprint density at radius 1 is 1.35 bits per heavy atom. The summed E-state index contributed by atoms with van der Waals surface area (Å²) in [5.41, 5.74) is 6.87. The first-order valence-corrected chi connectivity index (χ1v) is 6.89. The van der Waals surface area contributed by atoms with Crippen LogP contribution < -0.4 is 5.73 Å². The summed E-state index contributed by atoms with van der Waals surface area (Å²) >= 11 is 0. The Bertz CT molecular complexity index is 568. The highest BCUT2D eigenvalue weighted by molar-refractivity contribution is 5.55. The van der Waals surface area contributed by atoms with Crippen molar-refractivity contribution >= 4 is 0 Å². The Morgan fingerprint density at radius 2 is 2.15 bits per heavy atom. The number of hydrogen-bond acceptors (Lipinski definition) is 4. The summed E-state index contributed by atoms with van der Waals surface area (Å²) in [5, 5.41) is 3.95. The molecule has 0 saturated heterocycles. The molecule has 108 valence electrons. The molecule has 2 aromatic rings. The number of halogens is 1. The number of aromatic nitrogens is 2. The van der Waals surface area contributed by atoms with Crippen molar-refractivity contribution in [2.75, 3.05) is 6.54 Å². The van der Waals surface area contributed by atoms with Crippen LogP contribution in [0, 0.1) is 18.7 Å². The Kier molecular flexibility index (Phi) is 4.84. The van der Waals surface area contributed by atoms with E-state index in [-0.39, 0.29) is 5.82 Å². The molecule has 0 radical (unpaired) electrons. The molecule has 2 N–H and O–H groups in total. The number of aryl methyl sites for hydroxylation is 2. The van der Waals surface area contributed by atoms with Crippen LogP contribution in [-0.4, -0.2) is 16.7 Å². The third-order valence-electron chi connectivity index (χ3n) is 3.39. The van der Waals surface area contributed by atoms with E-state index < -0.39 is 0 Å². The summed E-state index contributed by atoms with van der Waals surface area (Å²) in [6.07, 6.45) is 2.72. The first-order chi connectivity index (χ1) is 9.60. The SMILES string of the molecule is Cc1cc(-c2noc(CCC(C)CCN)n2)ccc1F. The monoisotopic (exact) mass is 277 g/mol. The molecule has 2 rings (SSSR count). The van der Waals surface area contributed by atoms with Crippen LogP contribution in [0.15, 0.2) is 22.7 Å². The number of hydrogen-bond donors (Lipinski definition) is 1. The summed E-state index contributed by atoms with van der Waals surface area (Å²) in [4.78, 5) is 4.35. The van der Waals surface area contributed by atoms with E-state index in [2.05, 4.69) is 17.1 Å². The summed E-state index contributed by atoms with van der Waals surface area (Å²) in [7, 11) is 0. The van der Waals surface area contributed by atoms with Gasteiger partial charge in [0.2, 0.25) is 11.7 Å². The van der Waals surface area contributed by atoms with Crippen LogP contribution in [0.2, 0.25) is 0 Å². The zero-order chi connectivity index (χ0) is 14.5. The van der Waals surface area contributed by atoms with Gasteiger partial charge in [0, 0.05) is 12.0 Å². The maximum atomic E-state index is 13.2. The molecule has 0 spiro atoms. The fourth-order valence-electron chi connectivity index (χ4n) is 2.06. The number of benzene rings is 1. The molecule has 5 heteroatoms. The van der Waals surface area contributed by atoms with Crippen molar-refractivity contribution in [2.24, 2.45) is 11.7 Å². The lowest BCUT2D eigenvalue weighted by molar-refractivity contribution is 0.362. The Morgan fingerprint density at radius 3 is 2.85 bits per heavy atom. The van der Waals surface area contributed by atoms with Gasteiger partial charge in [0.1, 0.15) is 5.82 Å². The third-order valence-corrected chi connectivity index (χ3v) is 3.39. The Labute approximate surface area is 118 Å².